The minimum atomic E-state index is 0. The quantitative estimate of drug-likeness (QED) is 0.483. The minimum absolute atomic E-state index is 0. The molecule has 1 heterocycles. The van der Waals surface area contributed by atoms with Crippen LogP contribution in [0.25, 0.3) is 0 Å². The summed E-state index contributed by atoms with van der Waals surface area (Å²) in [6.45, 7) is 0.203. The first-order valence-electron chi connectivity index (χ1n) is 2.97. The number of aromatic nitrogens is 2. The van der Waals surface area contributed by atoms with Crippen LogP contribution in [0.3, 0.4) is 0 Å². The van der Waals surface area contributed by atoms with Crippen molar-refractivity contribution in [2.24, 2.45) is 7.05 Å². The third-order valence-electron chi connectivity index (χ3n) is 1.32. The second kappa shape index (κ2) is 4.46. The molecule has 10 heavy (non-hydrogen) atoms. The second-order valence-electron chi connectivity index (χ2n) is 1.99. The topological polar surface area (TPSA) is 39.9 Å². The van der Waals surface area contributed by atoms with Gasteiger partial charge >= 0.3 is 0 Å². The fourth-order valence-corrected chi connectivity index (χ4v) is 0.791. The van der Waals surface area contributed by atoms with E-state index in [2.05, 4.69) is 4.98 Å². The molecule has 3 nitrogen and oxygen atoms in total. The van der Waals surface area contributed by atoms with Gasteiger partial charge in [0.05, 0.1) is 20.1 Å². The van der Waals surface area contributed by atoms with E-state index in [-0.39, 0.29) is 23.6 Å². The number of aryl methyl sites for hydroxylation is 1. The van der Waals surface area contributed by atoms with Gasteiger partial charge in [-0.1, -0.05) is 0 Å². The van der Waals surface area contributed by atoms with Gasteiger partial charge in [-0.3, -0.25) is 0 Å². The van der Waals surface area contributed by atoms with Gasteiger partial charge in [-0.15, -0.1) is 0 Å². The van der Waals surface area contributed by atoms with Crippen molar-refractivity contribution in [2.75, 3.05) is 6.61 Å². The van der Waals surface area contributed by atoms with Crippen molar-refractivity contribution < 1.29 is 26.7 Å². The molecule has 1 rings (SSSR count). The van der Waals surface area contributed by atoms with Crippen molar-refractivity contribution in [1.29, 1.82) is 0 Å². The van der Waals surface area contributed by atoms with Crippen LogP contribution in [0.1, 0.15) is 5.82 Å². The van der Waals surface area contributed by atoms with Crippen molar-refractivity contribution in [3.8, 4) is 0 Å². The summed E-state index contributed by atoms with van der Waals surface area (Å²) in [4.78, 5) is 3.01. The van der Waals surface area contributed by atoms with Crippen LogP contribution in [0.2, 0.25) is 0 Å². The van der Waals surface area contributed by atoms with E-state index in [9.17, 15) is 0 Å². The van der Waals surface area contributed by atoms with Gasteiger partial charge in [0.25, 0.3) is 5.82 Å². The minimum Gasteiger partial charge on any atom is -1.00 e. The van der Waals surface area contributed by atoms with Gasteiger partial charge in [-0.2, -0.15) is 0 Å². The maximum atomic E-state index is 8.53. The number of nitrogens with one attached hydrogen (secondary N) is 1. The fourth-order valence-electron chi connectivity index (χ4n) is 0.791. The Kier molecular flexibility index (Phi) is 4.31. The van der Waals surface area contributed by atoms with Crippen LogP contribution in [0, 0.1) is 0 Å². The lowest BCUT2D eigenvalue weighted by molar-refractivity contribution is -0.677. The molecule has 0 saturated carbocycles. The number of hydrogen-bond donors (Lipinski definition) is 2. The zero-order valence-corrected chi connectivity index (χ0v) is 7.43. The smallest absolute Gasteiger partial charge is 0.256 e. The predicted molar refractivity (Wildman–Crippen MR) is 32.8 cm³/mol. The molecule has 1 aromatic heterocycles. The van der Waals surface area contributed by atoms with E-state index >= 15 is 0 Å². The summed E-state index contributed by atoms with van der Waals surface area (Å²) in [5, 5.41) is 8.53. The first kappa shape index (κ1) is 9.65. The van der Waals surface area contributed by atoms with Gasteiger partial charge in [-0.25, -0.2) is 9.55 Å². The summed E-state index contributed by atoms with van der Waals surface area (Å²) < 4.78 is 1.95. The summed E-state index contributed by atoms with van der Waals surface area (Å²) in [5.74, 6) is 1.05. The normalized spacial score (nSPS) is 9.00. The molecule has 0 fully saturated rings. The molecule has 58 valence electrons. The van der Waals surface area contributed by atoms with Crippen LogP contribution >= 0.6 is 0 Å². The number of imidazole rings is 1. The number of rotatable bonds is 2. The van der Waals surface area contributed by atoms with Gasteiger partial charge < -0.3 is 22.1 Å². The average Bonchev–Trinajstić information content (AvgIpc) is 2.18. The Bertz CT molecular complexity index is 188. The van der Waals surface area contributed by atoms with E-state index in [1.165, 1.54) is 0 Å². The van der Waals surface area contributed by atoms with Crippen LogP contribution in [-0.2, 0) is 13.5 Å². The van der Waals surface area contributed by atoms with E-state index in [0.717, 1.165) is 5.82 Å². The highest BCUT2D eigenvalue weighted by molar-refractivity contribution is 4.76. The Morgan fingerprint density at radius 2 is 2.40 bits per heavy atom. The molecule has 0 unspecified atom stereocenters. The first-order chi connectivity index (χ1) is 4.34. The summed E-state index contributed by atoms with van der Waals surface area (Å²) in [5.41, 5.74) is 0. The molecular formula is C6H11BrN2O. The second-order valence-corrected chi connectivity index (χ2v) is 1.99. The Morgan fingerprint density at radius 3 is 2.80 bits per heavy atom. The summed E-state index contributed by atoms with van der Waals surface area (Å²) in [7, 11) is 1.95. The van der Waals surface area contributed by atoms with Gasteiger partial charge in [0.2, 0.25) is 0 Å². The standard InChI is InChI=1S/C6H10N2O.BrH/c1-8-4-3-7-6(8)2-5-9;/h3-4,9H,2,5H2,1H3;1H. The number of halogens is 1. The first-order valence-corrected chi connectivity index (χ1v) is 2.97. The predicted octanol–water partition coefficient (Wildman–Crippen LogP) is -3.62. The van der Waals surface area contributed by atoms with Crippen LogP contribution in [0.4, 0.5) is 0 Å². The molecule has 0 saturated heterocycles. The van der Waals surface area contributed by atoms with Crippen molar-refractivity contribution in [3.05, 3.63) is 18.2 Å². The molecule has 0 aliphatic carbocycles. The lowest BCUT2D eigenvalue weighted by Crippen LogP contribution is -3.00. The number of aliphatic hydroxyl groups excluding tert-OH is 1. The molecule has 0 atom stereocenters. The van der Waals surface area contributed by atoms with Crippen molar-refractivity contribution in [3.63, 3.8) is 0 Å². The molecule has 0 spiro atoms. The molecule has 4 heteroatoms. The highest BCUT2D eigenvalue weighted by Gasteiger charge is 2.02. The average molecular weight is 207 g/mol. The zero-order valence-electron chi connectivity index (χ0n) is 5.84. The van der Waals surface area contributed by atoms with Gasteiger partial charge in [0.1, 0.15) is 12.4 Å². The summed E-state index contributed by atoms with van der Waals surface area (Å²) in [6, 6.07) is 0. The molecular weight excluding hydrogens is 196 g/mol. The monoisotopic (exact) mass is 206 g/mol. The SMILES string of the molecule is C[n+]1cc[nH]c1CCO.[Br-]. The van der Waals surface area contributed by atoms with Gasteiger partial charge in [0.15, 0.2) is 0 Å². The highest BCUT2D eigenvalue weighted by Crippen LogP contribution is 1.83. The van der Waals surface area contributed by atoms with E-state index in [1.807, 2.05) is 24.0 Å². The lowest BCUT2D eigenvalue weighted by Gasteiger charge is -1.87. The molecule has 0 radical (unpaired) electrons. The third kappa shape index (κ3) is 2.11. The molecule has 0 amide bonds. The zero-order chi connectivity index (χ0) is 6.69. The van der Waals surface area contributed by atoms with Crippen molar-refractivity contribution in [2.45, 2.75) is 6.42 Å². The maximum Gasteiger partial charge on any atom is 0.256 e. The molecule has 2 N–H and O–H groups in total. The fraction of sp³-hybridized carbons (Fsp3) is 0.500. The van der Waals surface area contributed by atoms with Crippen LogP contribution < -0.4 is 21.5 Å². The lowest BCUT2D eigenvalue weighted by atomic mass is 10.4. The van der Waals surface area contributed by atoms with E-state index in [1.54, 1.807) is 0 Å². The van der Waals surface area contributed by atoms with Crippen LogP contribution in [0.15, 0.2) is 12.4 Å². The number of H-pyrrole nitrogens is 1. The number of aromatic amines is 1. The van der Waals surface area contributed by atoms with Crippen molar-refractivity contribution >= 4 is 0 Å². The Labute approximate surface area is 70.5 Å². The molecule has 0 aliphatic heterocycles. The van der Waals surface area contributed by atoms with Crippen LogP contribution in [-0.4, -0.2) is 16.7 Å². The highest BCUT2D eigenvalue weighted by atomic mass is 79.9. The Hall–Kier alpha value is -0.350. The van der Waals surface area contributed by atoms with Crippen molar-refractivity contribution in [1.82, 2.24) is 4.98 Å². The van der Waals surface area contributed by atoms with E-state index in [4.69, 9.17) is 5.11 Å². The Balaban J connectivity index is 0.000000810. The van der Waals surface area contributed by atoms with Gasteiger partial charge in [0, 0.05) is 0 Å². The molecule has 1 aromatic rings. The largest absolute Gasteiger partial charge is 1.00 e. The maximum absolute atomic E-state index is 8.53. The van der Waals surface area contributed by atoms with Crippen LogP contribution in [0.5, 0.6) is 0 Å². The molecule has 0 bridgehead atoms. The summed E-state index contributed by atoms with van der Waals surface area (Å²) >= 11 is 0. The molecule has 0 aliphatic rings. The van der Waals surface area contributed by atoms with E-state index < -0.39 is 0 Å². The molecule has 0 aromatic carbocycles. The third-order valence-corrected chi connectivity index (χ3v) is 1.32. The number of hydrogen-bond acceptors (Lipinski definition) is 1. The van der Waals surface area contributed by atoms with E-state index in [0.29, 0.717) is 6.42 Å². The Morgan fingerprint density at radius 1 is 1.70 bits per heavy atom. The summed E-state index contributed by atoms with van der Waals surface area (Å²) in [6.07, 6.45) is 4.47. The number of aliphatic hydroxyl groups is 1. The van der Waals surface area contributed by atoms with Gasteiger partial charge in [-0.05, 0) is 0 Å². The number of nitrogens with zero attached hydrogens (tertiary/aromatic N) is 1.